The van der Waals surface area contributed by atoms with Gasteiger partial charge in [0.05, 0.1) is 0 Å². The van der Waals surface area contributed by atoms with Crippen LogP contribution in [0.15, 0.2) is 0 Å². The third-order valence-corrected chi connectivity index (χ3v) is 4.22. The van der Waals surface area contributed by atoms with Crippen LogP contribution in [0.25, 0.3) is 0 Å². The number of hydrogen-bond acceptors (Lipinski definition) is 1. The second-order valence-corrected chi connectivity index (χ2v) is 4.61. The predicted molar refractivity (Wildman–Crippen MR) is 52.2 cm³/mol. The van der Waals surface area contributed by atoms with Crippen molar-refractivity contribution in [2.75, 3.05) is 13.1 Å². The summed E-state index contributed by atoms with van der Waals surface area (Å²) in [5.41, 5.74) is 0.771. The van der Waals surface area contributed by atoms with Crippen LogP contribution in [0.3, 0.4) is 0 Å². The van der Waals surface area contributed by atoms with Gasteiger partial charge in [0.25, 0.3) is 0 Å². The standard InChI is InChI=1S/C11H21N/c1-2-11(6-4-7-11)10-5-3-8-12-9-10/h10,12H,2-9H2,1H3. The van der Waals surface area contributed by atoms with E-state index in [1.165, 1.54) is 51.6 Å². The molecule has 0 aromatic heterocycles. The Labute approximate surface area is 75.9 Å². The monoisotopic (exact) mass is 167 g/mol. The van der Waals surface area contributed by atoms with E-state index in [0.29, 0.717) is 0 Å². The normalized spacial score (nSPS) is 34.2. The van der Waals surface area contributed by atoms with E-state index in [-0.39, 0.29) is 0 Å². The molecule has 2 aliphatic rings. The SMILES string of the molecule is CCC1(C2CCCNC2)CCC1. The molecule has 1 saturated carbocycles. The first-order valence-electron chi connectivity index (χ1n) is 5.58. The minimum absolute atomic E-state index is 0.771. The van der Waals surface area contributed by atoms with Gasteiger partial charge in [0.15, 0.2) is 0 Å². The van der Waals surface area contributed by atoms with E-state index >= 15 is 0 Å². The lowest BCUT2D eigenvalue weighted by molar-refractivity contribution is 0.0293. The van der Waals surface area contributed by atoms with Gasteiger partial charge in [-0.3, -0.25) is 0 Å². The average Bonchev–Trinajstić information content (AvgIpc) is 2.05. The topological polar surface area (TPSA) is 12.0 Å². The number of nitrogens with one attached hydrogen (secondary N) is 1. The van der Waals surface area contributed by atoms with Gasteiger partial charge < -0.3 is 5.32 Å². The van der Waals surface area contributed by atoms with Crippen LogP contribution >= 0.6 is 0 Å². The smallest absolute Gasteiger partial charge is 0.00152 e. The van der Waals surface area contributed by atoms with E-state index in [4.69, 9.17) is 0 Å². The molecule has 2 rings (SSSR count). The summed E-state index contributed by atoms with van der Waals surface area (Å²) in [5, 5.41) is 3.54. The van der Waals surface area contributed by atoms with Gasteiger partial charge >= 0.3 is 0 Å². The first-order chi connectivity index (χ1) is 5.87. The first-order valence-corrected chi connectivity index (χ1v) is 5.58. The van der Waals surface area contributed by atoms with Crippen LogP contribution in [-0.2, 0) is 0 Å². The van der Waals surface area contributed by atoms with Crippen molar-refractivity contribution in [3.63, 3.8) is 0 Å². The highest BCUT2D eigenvalue weighted by atomic mass is 14.9. The Bertz CT molecular complexity index is 138. The second-order valence-electron chi connectivity index (χ2n) is 4.61. The molecule has 0 amide bonds. The molecule has 0 aromatic rings. The maximum Gasteiger partial charge on any atom is -0.00152 e. The lowest BCUT2D eigenvalue weighted by Crippen LogP contribution is -2.44. The van der Waals surface area contributed by atoms with Gasteiger partial charge in [0.1, 0.15) is 0 Å². The van der Waals surface area contributed by atoms with Crippen LogP contribution < -0.4 is 5.32 Å². The summed E-state index contributed by atoms with van der Waals surface area (Å²) in [6.45, 7) is 4.94. The molecular formula is C11H21N. The van der Waals surface area contributed by atoms with Crippen molar-refractivity contribution in [3.8, 4) is 0 Å². The molecule has 1 nitrogen and oxygen atoms in total. The highest BCUT2D eigenvalue weighted by Crippen LogP contribution is 2.51. The Kier molecular flexibility index (Phi) is 2.40. The minimum Gasteiger partial charge on any atom is -0.316 e. The van der Waals surface area contributed by atoms with Crippen molar-refractivity contribution in [2.45, 2.75) is 45.4 Å². The van der Waals surface area contributed by atoms with E-state index in [1.54, 1.807) is 0 Å². The Hall–Kier alpha value is -0.0400. The summed E-state index contributed by atoms with van der Waals surface area (Å²) in [5.74, 6) is 1.00. The molecule has 0 aromatic carbocycles. The summed E-state index contributed by atoms with van der Waals surface area (Å²) < 4.78 is 0. The molecule has 0 radical (unpaired) electrons. The van der Waals surface area contributed by atoms with Crippen molar-refractivity contribution in [3.05, 3.63) is 0 Å². The maximum absolute atomic E-state index is 3.54. The van der Waals surface area contributed by atoms with E-state index in [2.05, 4.69) is 12.2 Å². The molecule has 70 valence electrons. The fourth-order valence-electron chi connectivity index (χ4n) is 3.06. The molecule has 1 atom stereocenters. The fourth-order valence-corrected chi connectivity index (χ4v) is 3.06. The predicted octanol–water partition coefficient (Wildman–Crippen LogP) is 2.57. The zero-order valence-corrected chi connectivity index (χ0v) is 8.23. The molecule has 0 bridgehead atoms. The lowest BCUT2D eigenvalue weighted by atomic mass is 9.58. The highest BCUT2D eigenvalue weighted by Gasteiger charge is 2.42. The van der Waals surface area contributed by atoms with Gasteiger partial charge in [-0.25, -0.2) is 0 Å². The molecule has 1 N–H and O–H groups in total. The van der Waals surface area contributed by atoms with Crippen molar-refractivity contribution < 1.29 is 0 Å². The van der Waals surface area contributed by atoms with E-state index in [1.807, 2.05) is 0 Å². The van der Waals surface area contributed by atoms with Crippen molar-refractivity contribution in [1.82, 2.24) is 5.32 Å². The Morgan fingerprint density at radius 3 is 2.58 bits per heavy atom. The fraction of sp³-hybridized carbons (Fsp3) is 1.00. The van der Waals surface area contributed by atoms with Gasteiger partial charge in [-0.15, -0.1) is 0 Å². The summed E-state index contributed by atoms with van der Waals surface area (Å²) in [7, 11) is 0. The van der Waals surface area contributed by atoms with Gasteiger partial charge in [-0.1, -0.05) is 19.8 Å². The van der Waals surface area contributed by atoms with Crippen molar-refractivity contribution >= 4 is 0 Å². The van der Waals surface area contributed by atoms with Gasteiger partial charge in [-0.2, -0.15) is 0 Å². The molecule has 2 fully saturated rings. The van der Waals surface area contributed by atoms with E-state index < -0.39 is 0 Å². The molecule has 1 aliphatic carbocycles. The Balaban J connectivity index is 1.95. The van der Waals surface area contributed by atoms with Gasteiger partial charge in [-0.05, 0) is 50.1 Å². The largest absolute Gasteiger partial charge is 0.316 e. The van der Waals surface area contributed by atoms with Crippen molar-refractivity contribution in [1.29, 1.82) is 0 Å². The van der Waals surface area contributed by atoms with E-state index in [9.17, 15) is 0 Å². The molecule has 1 aliphatic heterocycles. The third kappa shape index (κ3) is 1.28. The zero-order chi connectivity index (χ0) is 8.44. The van der Waals surface area contributed by atoms with Crippen LogP contribution in [0.1, 0.15) is 45.4 Å². The Morgan fingerprint density at radius 2 is 2.17 bits per heavy atom. The quantitative estimate of drug-likeness (QED) is 0.666. The van der Waals surface area contributed by atoms with Crippen molar-refractivity contribution in [2.24, 2.45) is 11.3 Å². The maximum atomic E-state index is 3.54. The highest BCUT2D eigenvalue weighted by molar-refractivity contribution is 4.94. The number of hydrogen-bond donors (Lipinski definition) is 1. The van der Waals surface area contributed by atoms with E-state index in [0.717, 1.165) is 11.3 Å². The summed E-state index contributed by atoms with van der Waals surface area (Å²) in [6, 6.07) is 0. The molecule has 1 saturated heterocycles. The number of piperidine rings is 1. The molecule has 1 heteroatoms. The van der Waals surface area contributed by atoms with Gasteiger partial charge in [0.2, 0.25) is 0 Å². The number of rotatable bonds is 2. The zero-order valence-electron chi connectivity index (χ0n) is 8.23. The Morgan fingerprint density at radius 1 is 1.33 bits per heavy atom. The molecule has 1 unspecified atom stereocenters. The van der Waals surface area contributed by atoms with Crippen LogP contribution in [0.5, 0.6) is 0 Å². The average molecular weight is 167 g/mol. The van der Waals surface area contributed by atoms with Crippen LogP contribution in [0, 0.1) is 11.3 Å². The van der Waals surface area contributed by atoms with Gasteiger partial charge in [0, 0.05) is 0 Å². The molecule has 1 heterocycles. The lowest BCUT2D eigenvalue weighted by Gasteiger charge is -2.49. The molecular weight excluding hydrogens is 146 g/mol. The van der Waals surface area contributed by atoms with Crippen LogP contribution in [0.2, 0.25) is 0 Å². The first kappa shape index (κ1) is 8.55. The third-order valence-electron chi connectivity index (χ3n) is 4.22. The van der Waals surface area contributed by atoms with Crippen LogP contribution in [0.4, 0.5) is 0 Å². The summed E-state index contributed by atoms with van der Waals surface area (Å²) in [6.07, 6.45) is 8.82. The minimum atomic E-state index is 0.771. The second kappa shape index (κ2) is 3.37. The molecule has 12 heavy (non-hydrogen) atoms. The summed E-state index contributed by atoms with van der Waals surface area (Å²) >= 11 is 0. The molecule has 0 spiro atoms. The van der Waals surface area contributed by atoms with Crippen LogP contribution in [-0.4, -0.2) is 13.1 Å². The summed E-state index contributed by atoms with van der Waals surface area (Å²) in [4.78, 5) is 0.